The number of anilines is 4. The van der Waals surface area contributed by atoms with Crippen LogP contribution in [0.3, 0.4) is 0 Å². The van der Waals surface area contributed by atoms with Crippen molar-refractivity contribution in [2.45, 2.75) is 50.1 Å². The van der Waals surface area contributed by atoms with Gasteiger partial charge in [0.1, 0.15) is 17.2 Å². The average molecular weight is 478 g/mol. The summed E-state index contributed by atoms with van der Waals surface area (Å²) in [6.45, 7) is 4.74. The summed E-state index contributed by atoms with van der Waals surface area (Å²) in [5, 5.41) is 6.26. The van der Waals surface area contributed by atoms with Crippen molar-refractivity contribution in [1.82, 2.24) is 20.2 Å². The van der Waals surface area contributed by atoms with E-state index in [4.69, 9.17) is 4.98 Å². The van der Waals surface area contributed by atoms with Crippen LogP contribution in [0.15, 0.2) is 24.4 Å². The maximum absolute atomic E-state index is 15.0. The van der Waals surface area contributed by atoms with Crippen LogP contribution < -0.4 is 20.4 Å². The molecule has 35 heavy (non-hydrogen) atoms. The maximum atomic E-state index is 15.0. The average Bonchev–Trinajstić information content (AvgIpc) is 3.50. The van der Waals surface area contributed by atoms with E-state index >= 15 is 4.39 Å². The molecule has 1 aromatic carbocycles. The Labute approximate surface area is 204 Å². The third kappa shape index (κ3) is 3.23. The minimum Gasteiger partial charge on any atom is -0.368 e. The number of amides is 1. The first-order valence-electron chi connectivity index (χ1n) is 12.9. The van der Waals surface area contributed by atoms with Crippen LogP contribution in [0.4, 0.5) is 27.5 Å². The van der Waals surface area contributed by atoms with Crippen LogP contribution in [-0.2, 0) is 11.2 Å². The highest BCUT2D eigenvalue weighted by Crippen LogP contribution is 2.46. The highest BCUT2D eigenvalue weighted by Gasteiger charge is 2.55. The van der Waals surface area contributed by atoms with Crippen molar-refractivity contribution in [2.75, 3.05) is 54.9 Å². The fourth-order valence-electron chi connectivity index (χ4n) is 7.34. The molecule has 4 aliphatic heterocycles. The molecule has 1 aliphatic carbocycles. The summed E-state index contributed by atoms with van der Waals surface area (Å²) >= 11 is 0. The number of hydrogen-bond acceptors (Lipinski definition) is 7. The summed E-state index contributed by atoms with van der Waals surface area (Å²) in [5.41, 5.74) is 2.13. The number of rotatable bonds is 4. The van der Waals surface area contributed by atoms with Crippen molar-refractivity contribution >= 4 is 29.0 Å². The number of carbonyl (C=O) groups is 1. The van der Waals surface area contributed by atoms with E-state index in [9.17, 15) is 4.79 Å². The van der Waals surface area contributed by atoms with Gasteiger partial charge in [0, 0.05) is 68.0 Å². The molecule has 3 saturated heterocycles. The van der Waals surface area contributed by atoms with Gasteiger partial charge in [0.2, 0.25) is 11.9 Å². The van der Waals surface area contributed by atoms with Gasteiger partial charge >= 0.3 is 0 Å². The summed E-state index contributed by atoms with van der Waals surface area (Å²) in [5.74, 6) is 1.18. The quantitative estimate of drug-likeness (QED) is 0.701. The Morgan fingerprint density at radius 1 is 1.17 bits per heavy atom. The Morgan fingerprint density at radius 3 is 2.66 bits per heavy atom. The molecule has 9 heteroatoms. The molecule has 2 N–H and O–H groups in total. The number of benzene rings is 1. The molecule has 7 rings (SSSR count). The van der Waals surface area contributed by atoms with Crippen LogP contribution in [0, 0.1) is 11.2 Å². The van der Waals surface area contributed by atoms with E-state index in [1.165, 1.54) is 18.9 Å². The van der Waals surface area contributed by atoms with Gasteiger partial charge in [-0.15, -0.1) is 0 Å². The zero-order valence-electron chi connectivity index (χ0n) is 20.2. The highest BCUT2D eigenvalue weighted by molar-refractivity contribution is 5.94. The number of hydrogen-bond donors (Lipinski definition) is 2. The van der Waals surface area contributed by atoms with Gasteiger partial charge in [0.25, 0.3) is 0 Å². The molecule has 184 valence electrons. The van der Waals surface area contributed by atoms with E-state index in [1.54, 1.807) is 0 Å². The largest absolute Gasteiger partial charge is 0.368 e. The number of nitrogens with zero attached hydrogens (tertiary/aromatic N) is 5. The van der Waals surface area contributed by atoms with Crippen LogP contribution >= 0.6 is 0 Å². The zero-order chi connectivity index (χ0) is 23.8. The zero-order valence-corrected chi connectivity index (χ0v) is 20.2. The fourth-order valence-corrected chi connectivity index (χ4v) is 7.34. The van der Waals surface area contributed by atoms with Gasteiger partial charge in [0.15, 0.2) is 0 Å². The Hall–Kier alpha value is -2.94. The molecule has 5 aliphatic rings. The van der Waals surface area contributed by atoms with Gasteiger partial charge < -0.3 is 25.3 Å². The number of carbonyl (C=O) groups excluding carboxylic acids is 1. The van der Waals surface area contributed by atoms with Crippen molar-refractivity contribution in [3.63, 3.8) is 0 Å². The van der Waals surface area contributed by atoms with Crippen LogP contribution in [0.5, 0.6) is 0 Å². The van der Waals surface area contributed by atoms with Crippen LogP contribution in [0.2, 0.25) is 0 Å². The lowest BCUT2D eigenvalue weighted by Crippen LogP contribution is -2.71. The molecule has 0 radical (unpaired) electrons. The first-order valence-corrected chi connectivity index (χ1v) is 12.9. The standard InChI is InChI=1S/C26H32FN7O/c1-32-13-25(14-32)15-33(16-25)21-7-6-18(10-20(21)27)30-24-29-12-17-11-26(8-9-28-23(26)35)34(22(17)31-24)19-4-2-3-5-19/h6-7,10,12,19H,2-5,8-9,11,13-16H2,1H3,(H,28,35)(H,29,30,31)/t26-/m1/s1. The number of halogens is 1. The summed E-state index contributed by atoms with van der Waals surface area (Å²) < 4.78 is 15.0. The SMILES string of the molecule is CN1CC2(C1)CN(c1ccc(Nc3ncc4c(n3)N(C3CCCC3)[C@]3(CCNC3=O)C4)cc1F)C2. The Bertz CT molecular complexity index is 1180. The topological polar surface area (TPSA) is 76.6 Å². The third-order valence-electron chi connectivity index (χ3n) is 8.76. The number of fused-ring (bicyclic) bond motifs is 1. The maximum Gasteiger partial charge on any atom is 0.246 e. The molecule has 1 saturated carbocycles. The molecule has 8 nitrogen and oxygen atoms in total. The molecule has 2 spiro atoms. The molecule has 2 aromatic rings. The Morgan fingerprint density at radius 2 is 1.97 bits per heavy atom. The normalized spacial score (nSPS) is 27.3. The van der Waals surface area contributed by atoms with E-state index in [0.29, 0.717) is 41.7 Å². The van der Waals surface area contributed by atoms with Crippen LogP contribution in [-0.4, -0.2) is 72.1 Å². The van der Waals surface area contributed by atoms with Gasteiger partial charge in [-0.3, -0.25) is 4.79 Å². The van der Waals surface area contributed by atoms with E-state index in [0.717, 1.165) is 56.8 Å². The fraction of sp³-hybridized carbons (Fsp3) is 0.577. The predicted molar refractivity (Wildman–Crippen MR) is 133 cm³/mol. The molecule has 0 unspecified atom stereocenters. The van der Waals surface area contributed by atoms with Gasteiger partial charge in [-0.2, -0.15) is 4.98 Å². The third-order valence-corrected chi connectivity index (χ3v) is 8.76. The summed E-state index contributed by atoms with van der Waals surface area (Å²) in [7, 11) is 2.13. The Kier molecular flexibility index (Phi) is 4.59. The van der Waals surface area contributed by atoms with Crippen molar-refractivity contribution in [3.05, 3.63) is 35.8 Å². The lowest BCUT2D eigenvalue weighted by Gasteiger charge is -2.60. The first kappa shape index (κ1) is 21.4. The van der Waals surface area contributed by atoms with Gasteiger partial charge in [-0.1, -0.05) is 12.8 Å². The minimum absolute atomic E-state index is 0.107. The van der Waals surface area contributed by atoms with Crippen LogP contribution in [0.25, 0.3) is 0 Å². The molecular weight excluding hydrogens is 445 g/mol. The van der Waals surface area contributed by atoms with Gasteiger partial charge in [-0.05, 0) is 44.5 Å². The van der Waals surface area contributed by atoms with Crippen molar-refractivity contribution in [1.29, 1.82) is 0 Å². The number of nitrogens with one attached hydrogen (secondary N) is 2. The molecule has 4 fully saturated rings. The van der Waals surface area contributed by atoms with Crippen LogP contribution in [0.1, 0.15) is 37.7 Å². The smallest absolute Gasteiger partial charge is 0.246 e. The summed E-state index contributed by atoms with van der Waals surface area (Å²) in [6, 6.07) is 5.61. The second-order valence-electron chi connectivity index (χ2n) is 11.4. The lowest BCUT2D eigenvalue weighted by molar-refractivity contribution is -0.123. The van der Waals surface area contributed by atoms with Gasteiger partial charge in [0.05, 0.1) is 5.69 Å². The Balaban J connectivity index is 1.12. The summed E-state index contributed by atoms with van der Waals surface area (Å²) in [6.07, 6.45) is 7.83. The summed E-state index contributed by atoms with van der Waals surface area (Å²) in [4.78, 5) is 29.1. The number of likely N-dealkylation sites (tertiary alicyclic amines) is 1. The van der Waals surface area contributed by atoms with E-state index in [-0.39, 0.29) is 11.7 Å². The molecule has 1 amide bonds. The molecular formula is C26H32FN7O. The lowest BCUT2D eigenvalue weighted by atomic mass is 9.73. The first-order chi connectivity index (χ1) is 16.9. The highest BCUT2D eigenvalue weighted by atomic mass is 19.1. The second kappa shape index (κ2) is 7.53. The number of aromatic nitrogens is 2. The predicted octanol–water partition coefficient (Wildman–Crippen LogP) is 2.67. The minimum atomic E-state index is -0.539. The van der Waals surface area contributed by atoms with E-state index in [2.05, 4.69) is 37.4 Å². The molecule has 0 bridgehead atoms. The monoisotopic (exact) mass is 477 g/mol. The van der Waals surface area contributed by atoms with Crippen molar-refractivity contribution < 1.29 is 9.18 Å². The molecule has 1 aromatic heterocycles. The molecule has 1 atom stereocenters. The second-order valence-corrected chi connectivity index (χ2v) is 11.4. The van der Waals surface area contributed by atoms with E-state index in [1.807, 2.05) is 18.3 Å². The van der Waals surface area contributed by atoms with E-state index < -0.39 is 5.54 Å². The van der Waals surface area contributed by atoms with Crippen molar-refractivity contribution in [3.8, 4) is 0 Å². The van der Waals surface area contributed by atoms with Gasteiger partial charge in [-0.25, -0.2) is 9.37 Å². The van der Waals surface area contributed by atoms with Crippen molar-refractivity contribution in [2.24, 2.45) is 5.41 Å². The molecule has 5 heterocycles.